The second kappa shape index (κ2) is 6.90. The standard InChI is InChI=1S/C14H14ClN3O3/c1-2-17-14-10(4-3-5-13(14)18(19)20)9-21-12-6-11(15)7-16-8-12/h3-8,17H,2,9H2,1H3. The Labute approximate surface area is 126 Å². The van der Waals surface area contributed by atoms with Crippen LogP contribution >= 0.6 is 11.6 Å². The maximum absolute atomic E-state index is 11.1. The van der Waals surface area contributed by atoms with Gasteiger partial charge in [0, 0.05) is 30.4 Å². The van der Waals surface area contributed by atoms with E-state index in [2.05, 4.69) is 10.3 Å². The van der Waals surface area contributed by atoms with Gasteiger partial charge in [0.25, 0.3) is 5.69 Å². The quantitative estimate of drug-likeness (QED) is 0.651. The first-order valence-electron chi connectivity index (χ1n) is 6.35. The van der Waals surface area contributed by atoms with Gasteiger partial charge in [0.15, 0.2) is 0 Å². The lowest BCUT2D eigenvalue weighted by Gasteiger charge is -2.12. The van der Waals surface area contributed by atoms with E-state index in [-0.39, 0.29) is 12.3 Å². The van der Waals surface area contributed by atoms with Gasteiger partial charge in [0.05, 0.1) is 16.1 Å². The Balaban J connectivity index is 2.23. The molecule has 0 amide bonds. The van der Waals surface area contributed by atoms with Crippen molar-refractivity contribution in [2.24, 2.45) is 0 Å². The number of para-hydroxylation sites is 1. The average molecular weight is 308 g/mol. The minimum Gasteiger partial charge on any atom is -0.487 e. The second-order valence-corrected chi connectivity index (χ2v) is 4.66. The number of halogens is 1. The average Bonchev–Trinajstić information content (AvgIpc) is 2.46. The fraction of sp³-hybridized carbons (Fsp3) is 0.214. The van der Waals surface area contributed by atoms with Crippen LogP contribution in [0.4, 0.5) is 11.4 Å². The molecule has 6 nitrogen and oxygen atoms in total. The van der Waals surface area contributed by atoms with Crippen molar-refractivity contribution in [2.75, 3.05) is 11.9 Å². The Morgan fingerprint density at radius 2 is 2.24 bits per heavy atom. The molecule has 0 aliphatic rings. The zero-order valence-electron chi connectivity index (χ0n) is 11.4. The van der Waals surface area contributed by atoms with Crippen molar-refractivity contribution in [2.45, 2.75) is 13.5 Å². The van der Waals surface area contributed by atoms with Gasteiger partial charge in [-0.25, -0.2) is 0 Å². The zero-order valence-corrected chi connectivity index (χ0v) is 12.1. The fourth-order valence-corrected chi connectivity index (χ4v) is 2.04. The predicted molar refractivity (Wildman–Crippen MR) is 80.8 cm³/mol. The number of aromatic nitrogens is 1. The van der Waals surface area contributed by atoms with Crippen LogP contribution < -0.4 is 10.1 Å². The second-order valence-electron chi connectivity index (χ2n) is 4.23. The molecular weight excluding hydrogens is 294 g/mol. The van der Waals surface area contributed by atoms with Crippen LogP contribution in [0.5, 0.6) is 5.75 Å². The molecule has 0 radical (unpaired) electrons. The minimum absolute atomic E-state index is 0.0298. The van der Waals surface area contributed by atoms with E-state index in [1.54, 1.807) is 18.2 Å². The summed E-state index contributed by atoms with van der Waals surface area (Å²) in [5.41, 5.74) is 1.20. The van der Waals surface area contributed by atoms with E-state index >= 15 is 0 Å². The molecule has 1 heterocycles. The smallest absolute Gasteiger partial charge is 0.292 e. The normalized spacial score (nSPS) is 10.2. The minimum atomic E-state index is -0.414. The number of nitrogens with one attached hydrogen (secondary N) is 1. The van der Waals surface area contributed by atoms with Crippen molar-refractivity contribution < 1.29 is 9.66 Å². The molecular formula is C14H14ClN3O3. The van der Waals surface area contributed by atoms with Gasteiger partial charge in [0.1, 0.15) is 18.0 Å². The Bertz CT molecular complexity index is 649. The Hall–Kier alpha value is -2.34. The number of nitro groups is 1. The van der Waals surface area contributed by atoms with E-state index in [0.29, 0.717) is 28.6 Å². The molecule has 1 aromatic carbocycles. The Morgan fingerprint density at radius 1 is 1.43 bits per heavy atom. The van der Waals surface area contributed by atoms with Gasteiger partial charge in [-0.1, -0.05) is 23.7 Å². The largest absolute Gasteiger partial charge is 0.487 e. The molecule has 0 aliphatic carbocycles. The molecule has 0 saturated carbocycles. The molecule has 1 aromatic heterocycles. The van der Waals surface area contributed by atoms with Crippen LogP contribution in [0.15, 0.2) is 36.7 Å². The summed E-state index contributed by atoms with van der Waals surface area (Å²) < 4.78 is 5.59. The Morgan fingerprint density at radius 3 is 2.90 bits per heavy atom. The molecule has 0 fully saturated rings. The number of anilines is 1. The van der Waals surface area contributed by atoms with Crippen molar-refractivity contribution >= 4 is 23.0 Å². The van der Waals surface area contributed by atoms with Crippen molar-refractivity contribution in [3.8, 4) is 5.75 Å². The fourth-order valence-electron chi connectivity index (χ4n) is 1.87. The van der Waals surface area contributed by atoms with Crippen LogP contribution in [0.25, 0.3) is 0 Å². The molecule has 0 unspecified atom stereocenters. The highest BCUT2D eigenvalue weighted by Gasteiger charge is 2.17. The van der Waals surface area contributed by atoms with Gasteiger partial charge in [-0.2, -0.15) is 0 Å². The summed E-state index contributed by atoms with van der Waals surface area (Å²) >= 11 is 5.83. The summed E-state index contributed by atoms with van der Waals surface area (Å²) in [4.78, 5) is 14.6. The molecule has 0 bridgehead atoms. The third-order valence-corrected chi connectivity index (χ3v) is 2.96. The van der Waals surface area contributed by atoms with Gasteiger partial charge in [0.2, 0.25) is 0 Å². The number of rotatable bonds is 6. The summed E-state index contributed by atoms with van der Waals surface area (Å²) in [7, 11) is 0. The predicted octanol–water partition coefficient (Wildman–Crippen LogP) is 3.65. The lowest BCUT2D eigenvalue weighted by molar-refractivity contribution is -0.384. The summed E-state index contributed by atoms with van der Waals surface area (Å²) in [5, 5.41) is 14.5. The third kappa shape index (κ3) is 3.82. The molecule has 0 saturated heterocycles. The van der Waals surface area contributed by atoms with Gasteiger partial charge >= 0.3 is 0 Å². The molecule has 7 heteroatoms. The topological polar surface area (TPSA) is 77.3 Å². The van der Waals surface area contributed by atoms with Gasteiger partial charge in [-0.3, -0.25) is 15.1 Å². The lowest BCUT2D eigenvalue weighted by Crippen LogP contribution is -2.07. The highest BCUT2D eigenvalue weighted by Crippen LogP contribution is 2.29. The lowest BCUT2D eigenvalue weighted by atomic mass is 10.1. The highest BCUT2D eigenvalue weighted by molar-refractivity contribution is 6.30. The summed E-state index contributed by atoms with van der Waals surface area (Å²) in [5.74, 6) is 0.511. The monoisotopic (exact) mass is 307 g/mol. The molecule has 21 heavy (non-hydrogen) atoms. The molecule has 0 atom stereocenters. The molecule has 2 aromatic rings. The zero-order chi connectivity index (χ0) is 15.2. The first-order chi connectivity index (χ1) is 10.1. The van der Waals surface area contributed by atoms with Crippen molar-refractivity contribution in [3.63, 3.8) is 0 Å². The van der Waals surface area contributed by atoms with Gasteiger partial charge in [-0.15, -0.1) is 0 Å². The summed E-state index contributed by atoms with van der Waals surface area (Å²) in [6.07, 6.45) is 3.04. The van der Waals surface area contributed by atoms with E-state index in [1.165, 1.54) is 18.5 Å². The maximum Gasteiger partial charge on any atom is 0.292 e. The van der Waals surface area contributed by atoms with Crippen molar-refractivity contribution in [1.82, 2.24) is 4.98 Å². The van der Waals surface area contributed by atoms with E-state index in [4.69, 9.17) is 16.3 Å². The van der Waals surface area contributed by atoms with Crippen LogP contribution in [-0.2, 0) is 6.61 Å². The van der Waals surface area contributed by atoms with Crippen molar-refractivity contribution in [1.29, 1.82) is 0 Å². The number of nitrogens with zero attached hydrogens (tertiary/aromatic N) is 2. The van der Waals surface area contributed by atoms with Crippen LogP contribution in [0, 0.1) is 10.1 Å². The maximum atomic E-state index is 11.1. The van der Waals surface area contributed by atoms with E-state index in [0.717, 1.165) is 0 Å². The van der Waals surface area contributed by atoms with E-state index in [1.807, 2.05) is 6.92 Å². The van der Waals surface area contributed by atoms with E-state index in [9.17, 15) is 10.1 Å². The number of hydrogen-bond acceptors (Lipinski definition) is 5. The van der Waals surface area contributed by atoms with Crippen LogP contribution in [0.2, 0.25) is 5.02 Å². The molecule has 1 N–H and O–H groups in total. The summed E-state index contributed by atoms with van der Waals surface area (Å²) in [6, 6.07) is 6.51. The number of hydrogen-bond donors (Lipinski definition) is 1. The molecule has 2 rings (SSSR count). The number of pyridine rings is 1. The van der Waals surface area contributed by atoms with E-state index < -0.39 is 4.92 Å². The molecule has 0 spiro atoms. The highest BCUT2D eigenvalue weighted by atomic mass is 35.5. The Kier molecular flexibility index (Phi) is 4.94. The SMILES string of the molecule is CCNc1c(COc2cncc(Cl)c2)cccc1[N+](=O)[O-]. The van der Waals surface area contributed by atoms with Crippen molar-refractivity contribution in [3.05, 3.63) is 57.4 Å². The first-order valence-corrected chi connectivity index (χ1v) is 6.73. The van der Waals surface area contributed by atoms with Gasteiger partial charge in [-0.05, 0) is 6.92 Å². The van der Waals surface area contributed by atoms with Crippen LogP contribution in [0.1, 0.15) is 12.5 Å². The van der Waals surface area contributed by atoms with Crippen LogP contribution in [0.3, 0.4) is 0 Å². The molecule has 110 valence electrons. The number of benzene rings is 1. The number of ether oxygens (including phenoxy) is 1. The van der Waals surface area contributed by atoms with Gasteiger partial charge < -0.3 is 10.1 Å². The first kappa shape index (κ1) is 15.1. The summed E-state index contributed by atoms with van der Waals surface area (Å²) in [6.45, 7) is 2.64. The number of nitro benzene ring substituents is 1. The van der Waals surface area contributed by atoms with Crippen LogP contribution in [-0.4, -0.2) is 16.5 Å². The molecule has 0 aliphatic heterocycles. The third-order valence-electron chi connectivity index (χ3n) is 2.75.